The van der Waals surface area contributed by atoms with E-state index in [9.17, 15) is 19.2 Å². The number of hydrogen-bond acceptors (Lipinski definition) is 8. The van der Waals surface area contributed by atoms with E-state index in [1.165, 1.54) is 18.3 Å². The van der Waals surface area contributed by atoms with Crippen molar-refractivity contribution < 1.29 is 28.8 Å². The number of thiophene rings is 1. The van der Waals surface area contributed by atoms with Crippen LogP contribution in [0.4, 0.5) is 5.00 Å². The minimum Gasteiger partial charge on any atom is -0.464 e. The number of carbonyl (C=O) groups excluding carboxylic acids is 4. The summed E-state index contributed by atoms with van der Waals surface area (Å²) in [7, 11) is 0. The predicted octanol–water partition coefficient (Wildman–Crippen LogP) is 1.30. The number of nitrogens with one attached hydrogen (secondary N) is 1. The van der Waals surface area contributed by atoms with Gasteiger partial charge in [-0.2, -0.15) is 0 Å². The van der Waals surface area contributed by atoms with E-state index in [0.29, 0.717) is 34.4 Å². The molecule has 2 atom stereocenters. The van der Waals surface area contributed by atoms with Crippen LogP contribution in [-0.2, 0) is 20.7 Å². The molecule has 0 radical (unpaired) electrons. The molecular weight excluding hydrogens is 492 g/mol. The van der Waals surface area contributed by atoms with Crippen molar-refractivity contribution in [3.8, 4) is 0 Å². The third-order valence-electron chi connectivity index (χ3n) is 8.92. The van der Waals surface area contributed by atoms with Crippen LogP contribution in [-0.4, -0.2) is 84.8 Å². The smallest absolute Gasteiger partial charge is 0.347 e. The van der Waals surface area contributed by atoms with Crippen LogP contribution >= 0.6 is 11.3 Å². The first-order valence-electron chi connectivity index (χ1n) is 13.7. The Labute approximate surface area is 222 Å². The Kier molecular flexibility index (Phi) is 7.44. The Morgan fingerprint density at radius 1 is 1.19 bits per heavy atom. The van der Waals surface area contributed by atoms with E-state index in [2.05, 4.69) is 11.8 Å². The molecule has 0 saturated carbocycles. The van der Waals surface area contributed by atoms with E-state index in [4.69, 9.17) is 10.5 Å². The lowest BCUT2D eigenvalue weighted by Gasteiger charge is -2.44. The van der Waals surface area contributed by atoms with Gasteiger partial charge in [0.15, 0.2) is 5.78 Å². The molecule has 37 heavy (non-hydrogen) atoms. The number of quaternary nitrogens is 1. The molecule has 3 fully saturated rings. The highest BCUT2D eigenvalue weighted by Crippen LogP contribution is 2.44. The average Bonchev–Trinajstić information content (AvgIpc) is 3.33. The number of anilines is 1. The Bertz CT molecular complexity index is 1090. The summed E-state index contributed by atoms with van der Waals surface area (Å²) in [4.78, 5) is 56.4. The first-order chi connectivity index (χ1) is 17.7. The number of ether oxygens (including phenoxy) is 1. The maximum absolute atomic E-state index is 13.5. The highest BCUT2D eigenvalue weighted by atomic mass is 32.1. The molecule has 202 valence electrons. The fourth-order valence-corrected chi connectivity index (χ4v) is 8.24. The lowest BCUT2D eigenvalue weighted by molar-refractivity contribution is -0.820. The van der Waals surface area contributed by atoms with E-state index in [1.807, 2.05) is 4.90 Å². The van der Waals surface area contributed by atoms with Crippen molar-refractivity contribution in [2.75, 3.05) is 45.1 Å². The van der Waals surface area contributed by atoms with Gasteiger partial charge in [0, 0.05) is 44.8 Å². The summed E-state index contributed by atoms with van der Waals surface area (Å²) in [5, 5.41) is 0.491. The summed E-state index contributed by atoms with van der Waals surface area (Å²) < 4.78 is 5.09. The largest absolute Gasteiger partial charge is 0.464 e. The molecule has 4 aliphatic rings. The van der Waals surface area contributed by atoms with Gasteiger partial charge in [0.05, 0.1) is 29.9 Å². The quantitative estimate of drug-likeness (QED) is 0.551. The van der Waals surface area contributed by atoms with Crippen LogP contribution < -0.4 is 10.6 Å². The molecule has 1 aromatic rings. The van der Waals surface area contributed by atoms with Crippen molar-refractivity contribution in [2.45, 2.75) is 77.3 Å². The van der Waals surface area contributed by atoms with E-state index in [1.54, 1.807) is 0 Å². The van der Waals surface area contributed by atoms with Gasteiger partial charge < -0.3 is 15.4 Å². The lowest BCUT2D eigenvalue weighted by atomic mass is 9.76. The zero-order valence-electron chi connectivity index (χ0n) is 22.0. The van der Waals surface area contributed by atoms with Crippen molar-refractivity contribution in [1.29, 1.82) is 0 Å². The van der Waals surface area contributed by atoms with E-state index >= 15 is 0 Å². The van der Waals surface area contributed by atoms with E-state index < -0.39 is 0 Å². The molecule has 0 bridgehead atoms. The van der Waals surface area contributed by atoms with Crippen molar-refractivity contribution in [3.05, 3.63) is 16.0 Å². The molecule has 1 aromatic heterocycles. The number of nitrogens with two attached hydrogens (primary N) is 1. The summed E-state index contributed by atoms with van der Waals surface area (Å²) in [6.45, 7) is 7.40. The van der Waals surface area contributed by atoms with Gasteiger partial charge in [0.1, 0.15) is 17.2 Å². The molecule has 9 nitrogen and oxygen atoms in total. The lowest BCUT2D eigenvalue weighted by Crippen LogP contribution is -3.16. The van der Waals surface area contributed by atoms with Gasteiger partial charge in [-0.1, -0.05) is 0 Å². The number of nitrogen functional groups attached to an aromatic ring is 1. The Balaban J connectivity index is 1.20. The fourth-order valence-electron chi connectivity index (χ4n) is 7.15. The van der Waals surface area contributed by atoms with Crippen molar-refractivity contribution in [1.82, 2.24) is 9.80 Å². The summed E-state index contributed by atoms with van der Waals surface area (Å²) >= 11 is 1.28. The summed E-state index contributed by atoms with van der Waals surface area (Å²) in [6, 6.07) is 0.503. The van der Waals surface area contributed by atoms with Crippen LogP contribution in [0.1, 0.15) is 84.4 Å². The second-order valence-corrected chi connectivity index (χ2v) is 12.4. The third kappa shape index (κ3) is 4.95. The van der Waals surface area contributed by atoms with Crippen LogP contribution in [0.15, 0.2) is 0 Å². The zero-order valence-corrected chi connectivity index (χ0v) is 22.8. The van der Waals surface area contributed by atoms with Crippen molar-refractivity contribution in [3.63, 3.8) is 0 Å². The van der Waals surface area contributed by atoms with Gasteiger partial charge in [0.2, 0.25) is 5.91 Å². The zero-order chi connectivity index (χ0) is 26.3. The number of nitrogens with zero attached hydrogens (tertiary/aromatic N) is 2. The van der Waals surface area contributed by atoms with Gasteiger partial charge >= 0.3 is 11.9 Å². The third-order valence-corrected chi connectivity index (χ3v) is 10.0. The van der Waals surface area contributed by atoms with Crippen LogP contribution in [0, 0.1) is 5.41 Å². The molecule has 10 heteroatoms. The molecule has 1 spiro atoms. The number of piperidine rings is 2. The van der Waals surface area contributed by atoms with Crippen molar-refractivity contribution >= 4 is 39.9 Å². The van der Waals surface area contributed by atoms with Crippen molar-refractivity contribution in [2.24, 2.45) is 5.41 Å². The molecule has 5 rings (SSSR count). The van der Waals surface area contributed by atoms with Gasteiger partial charge in [-0.25, -0.2) is 4.79 Å². The Morgan fingerprint density at radius 2 is 1.95 bits per heavy atom. The normalized spacial score (nSPS) is 30.5. The Hall–Kier alpha value is -2.30. The standard InChI is InChI=1S/C27H38N4O5S/c1-17-15-27(26(35)31(17)13-14-36-18(2)32)9-4-10-30(16-27)19-7-11-29(12-8-19)25(34)22-20-5-3-6-21(33)23(20)37-24(22)28/h17,19H,3-16,28H2,1-2H3/p+1. The van der Waals surface area contributed by atoms with Crippen LogP contribution in [0.2, 0.25) is 0 Å². The minimum atomic E-state index is -0.357. The molecule has 2 amide bonds. The predicted molar refractivity (Wildman–Crippen MR) is 140 cm³/mol. The number of fused-ring (bicyclic) bond motifs is 1. The number of hydrogen-bond donors (Lipinski definition) is 2. The maximum atomic E-state index is 13.5. The van der Waals surface area contributed by atoms with Gasteiger partial charge in [-0.15, -0.1) is 11.3 Å². The van der Waals surface area contributed by atoms with E-state index in [-0.39, 0.29) is 41.6 Å². The van der Waals surface area contributed by atoms with Gasteiger partial charge in [-0.3, -0.25) is 24.2 Å². The van der Waals surface area contributed by atoms with Gasteiger partial charge in [0.25, 0.3) is 0 Å². The molecule has 3 N–H and O–H groups in total. The van der Waals surface area contributed by atoms with E-state index in [0.717, 1.165) is 81.6 Å². The minimum absolute atomic E-state index is 0.0430. The summed E-state index contributed by atoms with van der Waals surface area (Å²) in [6.07, 6.45) is 6.63. The molecule has 2 unspecified atom stereocenters. The summed E-state index contributed by atoms with van der Waals surface area (Å²) in [5.74, 6) is 0.0363. The molecule has 1 aliphatic carbocycles. The first-order valence-corrected chi connectivity index (χ1v) is 14.5. The number of rotatable bonds is 5. The SMILES string of the molecule is CC(=O)OCCN1C(=O)C2(CCCN(C3CC[NH+](C(=O)c4c(N)sc5c4CCCC5=O)CC3)C2)CC1C. The van der Waals surface area contributed by atoms with Crippen LogP contribution in [0.25, 0.3) is 0 Å². The average molecular weight is 532 g/mol. The second kappa shape index (κ2) is 10.5. The number of ketones is 1. The molecule has 0 aromatic carbocycles. The highest BCUT2D eigenvalue weighted by molar-refractivity contribution is 7.18. The van der Waals surface area contributed by atoms with Crippen LogP contribution in [0.5, 0.6) is 0 Å². The topological polar surface area (TPSA) is 114 Å². The Morgan fingerprint density at radius 3 is 2.68 bits per heavy atom. The number of Topliss-reactive ketones (excluding diaryl/α,β-unsaturated/α-hetero) is 1. The summed E-state index contributed by atoms with van der Waals surface area (Å²) in [5.41, 5.74) is 7.36. The number of esters is 1. The molecular formula is C27H39N4O5S+. The van der Waals surface area contributed by atoms with Gasteiger partial charge in [-0.05, 0) is 51.1 Å². The second-order valence-electron chi connectivity index (χ2n) is 11.3. The monoisotopic (exact) mass is 531 g/mol. The van der Waals surface area contributed by atoms with Crippen LogP contribution in [0.3, 0.4) is 0 Å². The molecule has 3 aliphatic heterocycles. The number of likely N-dealkylation sites (tertiary alicyclic amines) is 3. The highest BCUT2D eigenvalue weighted by Gasteiger charge is 2.52. The molecule has 4 heterocycles. The number of amides is 2. The maximum Gasteiger partial charge on any atom is 0.347 e. The first kappa shape index (κ1) is 26.3. The molecule has 3 saturated heterocycles. The number of carbonyl (C=O) groups is 4. The fraction of sp³-hybridized carbons (Fsp3) is 0.704.